The molecule has 1 amide bonds. The number of halogens is 1. The zero-order valence-electron chi connectivity index (χ0n) is 12.9. The van der Waals surface area contributed by atoms with Gasteiger partial charge in [0, 0.05) is 18.5 Å². The Morgan fingerprint density at radius 1 is 1.29 bits per heavy atom. The predicted molar refractivity (Wildman–Crippen MR) is 82.1 cm³/mol. The van der Waals surface area contributed by atoms with E-state index in [1.54, 1.807) is 12.1 Å². The summed E-state index contributed by atoms with van der Waals surface area (Å²) in [5.74, 6) is 0.0514. The van der Waals surface area contributed by atoms with Gasteiger partial charge in [0.15, 0.2) is 0 Å². The standard InChI is InChI=1S/C17H25FN2O/c1-3-20(12(2)13-4-8-15(18)9-5-13)17(21)14-6-10-16(19)11-7-14/h4-5,8-9,12,14,16H,3,6-7,10-11,19H2,1-2H3. The summed E-state index contributed by atoms with van der Waals surface area (Å²) in [5, 5.41) is 0. The van der Waals surface area contributed by atoms with E-state index in [1.807, 2.05) is 18.7 Å². The van der Waals surface area contributed by atoms with Gasteiger partial charge in [0.2, 0.25) is 5.91 Å². The third kappa shape index (κ3) is 3.82. The van der Waals surface area contributed by atoms with Crippen LogP contribution >= 0.6 is 0 Å². The number of hydrogen-bond donors (Lipinski definition) is 1. The van der Waals surface area contributed by atoms with Crippen molar-refractivity contribution in [3.63, 3.8) is 0 Å². The second kappa shape index (κ2) is 7.03. The number of nitrogens with zero attached hydrogens (tertiary/aromatic N) is 1. The van der Waals surface area contributed by atoms with E-state index in [0.717, 1.165) is 31.2 Å². The van der Waals surface area contributed by atoms with Crippen LogP contribution in [0.25, 0.3) is 0 Å². The number of benzene rings is 1. The molecule has 0 heterocycles. The van der Waals surface area contributed by atoms with Gasteiger partial charge in [-0.3, -0.25) is 4.79 Å². The lowest BCUT2D eigenvalue weighted by molar-refractivity contribution is -0.138. The first-order valence-electron chi connectivity index (χ1n) is 7.84. The van der Waals surface area contributed by atoms with E-state index in [0.29, 0.717) is 6.54 Å². The molecule has 0 spiro atoms. The van der Waals surface area contributed by atoms with Crippen LogP contribution in [0.2, 0.25) is 0 Å². The highest BCUT2D eigenvalue weighted by Crippen LogP contribution is 2.29. The van der Waals surface area contributed by atoms with Gasteiger partial charge in [0.25, 0.3) is 0 Å². The molecule has 21 heavy (non-hydrogen) atoms. The monoisotopic (exact) mass is 292 g/mol. The van der Waals surface area contributed by atoms with Crippen LogP contribution in [0, 0.1) is 11.7 Å². The van der Waals surface area contributed by atoms with Crippen molar-refractivity contribution in [3.05, 3.63) is 35.6 Å². The van der Waals surface area contributed by atoms with Crippen LogP contribution < -0.4 is 5.73 Å². The molecule has 0 saturated heterocycles. The molecule has 1 fully saturated rings. The summed E-state index contributed by atoms with van der Waals surface area (Å²) in [7, 11) is 0. The number of carbonyl (C=O) groups excluding carboxylic acids is 1. The van der Waals surface area contributed by atoms with Crippen LogP contribution in [-0.2, 0) is 4.79 Å². The second-order valence-corrected chi connectivity index (χ2v) is 5.96. The Labute approximate surface area is 126 Å². The largest absolute Gasteiger partial charge is 0.336 e. The zero-order chi connectivity index (χ0) is 15.4. The van der Waals surface area contributed by atoms with Crippen molar-refractivity contribution in [1.29, 1.82) is 0 Å². The highest BCUT2D eigenvalue weighted by molar-refractivity contribution is 5.79. The van der Waals surface area contributed by atoms with Gasteiger partial charge in [0.05, 0.1) is 6.04 Å². The first-order valence-corrected chi connectivity index (χ1v) is 7.84. The van der Waals surface area contributed by atoms with Crippen LogP contribution in [0.3, 0.4) is 0 Å². The third-order valence-corrected chi connectivity index (χ3v) is 4.56. The molecule has 1 unspecified atom stereocenters. The fourth-order valence-corrected chi connectivity index (χ4v) is 3.14. The van der Waals surface area contributed by atoms with Crippen LogP contribution in [0.4, 0.5) is 4.39 Å². The Balaban J connectivity index is 2.07. The molecule has 0 bridgehead atoms. The average Bonchev–Trinajstić information content (AvgIpc) is 2.49. The number of nitrogens with two attached hydrogens (primary N) is 1. The quantitative estimate of drug-likeness (QED) is 0.926. The van der Waals surface area contributed by atoms with Gasteiger partial charge < -0.3 is 10.6 Å². The Morgan fingerprint density at radius 3 is 2.38 bits per heavy atom. The topological polar surface area (TPSA) is 46.3 Å². The van der Waals surface area contributed by atoms with E-state index < -0.39 is 0 Å². The number of carbonyl (C=O) groups is 1. The summed E-state index contributed by atoms with van der Waals surface area (Å²) in [6.07, 6.45) is 3.62. The minimum absolute atomic E-state index is 0.0290. The van der Waals surface area contributed by atoms with Crippen molar-refractivity contribution in [3.8, 4) is 0 Å². The maximum atomic E-state index is 13.0. The van der Waals surface area contributed by atoms with Crippen molar-refractivity contribution >= 4 is 5.91 Å². The van der Waals surface area contributed by atoms with E-state index in [-0.39, 0.29) is 29.7 Å². The van der Waals surface area contributed by atoms with Gasteiger partial charge in [-0.05, 0) is 57.2 Å². The maximum Gasteiger partial charge on any atom is 0.226 e. The molecule has 1 aliphatic carbocycles. The first kappa shape index (κ1) is 16.0. The van der Waals surface area contributed by atoms with Crippen molar-refractivity contribution in [2.45, 2.75) is 51.6 Å². The molecular formula is C17H25FN2O. The summed E-state index contributed by atoms with van der Waals surface area (Å²) < 4.78 is 13.0. The summed E-state index contributed by atoms with van der Waals surface area (Å²) in [4.78, 5) is 14.6. The van der Waals surface area contributed by atoms with Crippen molar-refractivity contribution in [2.75, 3.05) is 6.54 Å². The maximum absolute atomic E-state index is 13.0. The lowest BCUT2D eigenvalue weighted by atomic mass is 9.85. The van der Waals surface area contributed by atoms with Crippen molar-refractivity contribution in [2.24, 2.45) is 11.7 Å². The Kier molecular flexibility index (Phi) is 5.34. The van der Waals surface area contributed by atoms with Crippen LogP contribution in [-0.4, -0.2) is 23.4 Å². The third-order valence-electron chi connectivity index (χ3n) is 4.56. The zero-order valence-corrected chi connectivity index (χ0v) is 12.9. The minimum atomic E-state index is -0.249. The van der Waals surface area contributed by atoms with Crippen LogP contribution in [0.1, 0.15) is 51.1 Å². The Hall–Kier alpha value is -1.42. The molecule has 3 nitrogen and oxygen atoms in total. The second-order valence-electron chi connectivity index (χ2n) is 5.96. The average molecular weight is 292 g/mol. The van der Waals surface area contributed by atoms with E-state index in [2.05, 4.69) is 0 Å². The van der Waals surface area contributed by atoms with Gasteiger partial charge in [-0.15, -0.1) is 0 Å². The molecule has 116 valence electrons. The van der Waals surface area contributed by atoms with Gasteiger partial charge in [0.1, 0.15) is 5.82 Å². The fraction of sp³-hybridized carbons (Fsp3) is 0.588. The Bertz CT molecular complexity index is 466. The number of hydrogen-bond acceptors (Lipinski definition) is 2. The highest BCUT2D eigenvalue weighted by atomic mass is 19.1. The summed E-state index contributed by atoms with van der Waals surface area (Å²) in [6.45, 7) is 4.66. The molecule has 1 aromatic carbocycles. The molecule has 1 aromatic rings. The molecule has 2 N–H and O–H groups in total. The smallest absolute Gasteiger partial charge is 0.226 e. The lowest BCUT2D eigenvalue weighted by Crippen LogP contribution is -2.40. The first-order chi connectivity index (χ1) is 10.0. The van der Waals surface area contributed by atoms with E-state index in [4.69, 9.17) is 5.73 Å². The molecule has 1 saturated carbocycles. The SMILES string of the molecule is CCN(C(=O)C1CCC(N)CC1)C(C)c1ccc(F)cc1. The van der Waals surface area contributed by atoms with Crippen LogP contribution in [0.5, 0.6) is 0 Å². The van der Waals surface area contributed by atoms with Crippen LogP contribution in [0.15, 0.2) is 24.3 Å². The number of amides is 1. The molecule has 2 rings (SSSR count). The molecule has 1 atom stereocenters. The van der Waals surface area contributed by atoms with Crippen molar-refractivity contribution in [1.82, 2.24) is 4.90 Å². The summed E-state index contributed by atoms with van der Waals surface area (Å²) >= 11 is 0. The number of rotatable bonds is 4. The predicted octanol–water partition coefficient (Wildman–Crippen LogP) is 3.25. The van der Waals surface area contributed by atoms with Gasteiger partial charge in [-0.2, -0.15) is 0 Å². The highest BCUT2D eigenvalue weighted by Gasteiger charge is 2.30. The van der Waals surface area contributed by atoms with E-state index in [1.165, 1.54) is 12.1 Å². The molecule has 1 aliphatic rings. The Morgan fingerprint density at radius 2 is 1.86 bits per heavy atom. The van der Waals surface area contributed by atoms with E-state index in [9.17, 15) is 9.18 Å². The van der Waals surface area contributed by atoms with Gasteiger partial charge in [-0.25, -0.2) is 4.39 Å². The van der Waals surface area contributed by atoms with Gasteiger partial charge in [-0.1, -0.05) is 12.1 Å². The fourth-order valence-electron chi connectivity index (χ4n) is 3.14. The van der Waals surface area contributed by atoms with Gasteiger partial charge >= 0.3 is 0 Å². The molecule has 4 heteroatoms. The molecule has 0 radical (unpaired) electrons. The molecular weight excluding hydrogens is 267 g/mol. The molecule has 0 aliphatic heterocycles. The minimum Gasteiger partial charge on any atom is -0.336 e. The van der Waals surface area contributed by atoms with Crippen molar-refractivity contribution < 1.29 is 9.18 Å². The normalized spacial score (nSPS) is 23.6. The summed E-state index contributed by atoms with van der Waals surface area (Å²) in [5.41, 5.74) is 6.88. The van der Waals surface area contributed by atoms with E-state index >= 15 is 0 Å². The lowest BCUT2D eigenvalue weighted by Gasteiger charge is -2.34. The summed E-state index contributed by atoms with van der Waals surface area (Å²) in [6, 6.07) is 6.63. The molecule has 0 aromatic heterocycles.